The maximum Gasteiger partial charge on any atom is 0.0900 e. The summed E-state index contributed by atoms with van der Waals surface area (Å²) in [6.07, 6.45) is 8.93. The molecule has 0 N–H and O–H groups in total. The molecule has 1 aromatic heterocycles. The third-order valence-corrected chi connectivity index (χ3v) is 6.33. The highest BCUT2D eigenvalue weighted by atomic mass is 35.5. The van der Waals surface area contributed by atoms with Crippen molar-refractivity contribution < 1.29 is 0 Å². The molecule has 5 rings (SSSR count). The Hall–Kier alpha value is -0.0800. The number of hydrogen-bond acceptors (Lipinski definition) is 2. The van der Waals surface area contributed by atoms with Gasteiger partial charge in [0.25, 0.3) is 0 Å². The fourth-order valence-corrected chi connectivity index (χ4v) is 6.36. The van der Waals surface area contributed by atoms with Crippen LogP contribution < -0.4 is 0 Å². The molecule has 4 bridgehead atoms. The highest BCUT2D eigenvalue weighted by Gasteiger charge is 2.53. The number of nitrogens with zero attached hydrogens (tertiary/aromatic N) is 1. The van der Waals surface area contributed by atoms with E-state index in [9.17, 15) is 0 Å². The molecular weight excluding hydrogens is 262 g/mol. The largest absolute Gasteiger partial charge is 0.246 e. The average molecular weight is 284 g/mol. The molecule has 0 amide bonds. The molecule has 0 aliphatic heterocycles. The quantitative estimate of drug-likeness (QED) is 0.731. The summed E-state index contributed by atoms with van der Waals surface area (Å²) in [5.74, 6) is 3.09. The summed E-state index contributed by atoms with van der Waals surface area (Å²) in [7, 11) is 0. The molecular formula is C15H22ClNS. The molecule has 4 aliphatic rings. The van der Waals surface area contributed by atoms with Crippen molar-refractivity contribution in [2.75, 3.05) is 0 Å². The molecule has 0 aromatic carbocycles. The maximum atomic E-state index is 4.92. The summed E-state index contributed by atoms with van der Waals surface area (Å²) in [4.78, 5) is 6.42. The first-order valence-electron chi connectivity index (χ1n) is 7.09. The number of rotatable bonds is 1. The predicted octanol–water partition coefficient (Wildman–Crippen LogP) is 4.65. The monoisotopic (exact) mass is 283 g/mol. The van der Waals surface area contributed by atoms with Gasteiger partial charge in [0.05, 0.1) is 10.7 Å². The second-order valence-electron chi connectivity index (χ2n) is 6.84. The molecule has 1 aromatic rings. The predicted molar refractivity (Wildman–Crippen MR) is 78.7 cm³/mol. The van der Waals surface area contributed by atoms with Gasteiger partial charge in [-0.15, -0.1) is 23.7 Å². The molecule has 1 heterocycles. The zero-order valence-corrected chi connectivity index (χ0v) is 12.9. The summed E-state index contributed by atoms with van der Waals surface area (Å²) in [5.41, 5.74) is 2.00. The molecule has 0 atom stereocenters. The number of hydrogen-bond donors (Lipinski definition) is 0. The van der Waals surface area contributed by atoms with Crippen molar-refractivity contribution in [2.24, 2.45) is 17.8 Å². The van der Waals surface area contributed by atoms with Crippen LogP contribution in [0, 0.1) is 31.6 Å². The number of halogens is 1. The Morgan fingerprint density at radius 2 is 1.50 bits per heavy atom. The van der Waals surface area contributed by atoms with E-state index in [4.69, 9.17) is 4.98 Å². The first kappa shape index (κ1) is 12.9. The van der Waals surface area contributed by atoms with E-state index in [-0.39, 0.29) is 12.4 Å². The van der Waals surface area contributed by atoms with Gasteiger partial charge in [0.15, 0.2) is 0 Å². The van der Waals surface area contributed by atoms with E-state index in [0.717, 1.165) is 17.8 Å². The lowest BCUT2D eigenvalue weighted by molar-refractivity contribution is -0.00723. The van der Waals surface area contributed by atoms with E-state index in [1.54, 1.807) is 0 Å². The molecule has 0 spiro atoms. The summed E-state index contributed by atoms with van der Waals surface area (Å²) in [6, 6.07) is 0. The first-order chi connectivity index (χ1) is 8.14. The van der Waals surface area contributed by atoms with Gasteiger partial charge < -0.3 is 0 Å². The smallest absolute Gasteiger partial charge is 0.0900 e. The molecule has 18 heavy (non-hydrogen) atoms. The van der Waals surface area contributed by atoms with Crippen molar-refractivity contribution in [1.29, 1.82) is 0 Å². The van der Waals surface area contributed by atoms with E-state index in [1.807, 2.05) is 11.3 Å². The van der Waals surface area contributed by atoms with Gasteiger partial charge in [-0.05, 0) is 70.1 Å². The molecule has 4 fully saturated rings. The standard InChI is InChI=1S/C15H21NS.ClH/c1-9-14(16-10(2)17-9)15-6-11-3-12(7-15)5-13(4-11)8-15;/h11-13H,3-8H2,1-2H3;1H. The average Bonchev–Trinajstić information content (AvgIpc) is 2.56. The lowest BCUT2D eigenvalue weighted by Crippen LogP contribution is -2.49. The van der Waals surface area contributed by atoms with Crippen molar-refractivity contribution in [3.05, 3.63) is 15.6 Å². The Morgan fingerprint density at radius 3 is 1.89 bits per heavy atom. The lowest BCUT2D eigenvalue weighted by Gasteiger charge is -2.56. The zero-order valence-electron chi connectivity index (χ0n) is 11.2. The Balaban J connectivity index is 0.000001000. The van der Waals surface area contributed by atoms with Gasteiger partial charge in [-0.1, -0.05) is 0 Å². The minimum atomic E-state index is 0. The van der Waals surface area contributed by atoms with Gasteiger partial charge in [-0.25, -0.2) is 4.98 Å². The summed E-state index contributed by atoms with van der Waals surface area (Å²) in [5, 5.41) is 1.27. The zero-order chi connectivity index (χ0) is 11.6. The minimum absolute atomic E-state index is 0. The highest BCUT2D eigenvalue weighted by molar-refractivity contribution is 7.11. The van der Waals surface area contributed by atoms with Crippen LogP contribution in [0.2, 0.25) is 0 Å². The maximum absolute atomic E-state index is 4.92. The van der Waals surface area contributed by atoms with E-state index in [0.29, 0.717) is 5.41 Å². The van der Waals surface area contributed by atoms with Crippen LogP contribution >= 0.6 is 23.7 Å². The topological polar surface area (TPSA) is 12.9 Å². The van der Waals surface area contributed by atoms with Crippen molar-refractivity contribution in [3.8, 4) is 0 Å². The Labute approximate surface area is 120 Å². The summed E-state index contributed by atoms with van der Waals surface area (Å²) in [6.45, 7) is 4.46. The van der Waals surface area contributed by atoms with E-state index < -0.39 is 0 Å². The fourth-order valence-electron chi connectivity index (χ4n) is 5.42. The van der Waals surface area contributed by atoms with Crippen molar-refractivity contribution in [1.82, 2.24) is 4.98 Å². The van der Waals surface area contributed by atoms with Crippen LogP contribution in [-0.4, -0.2) is 4.98 Å². The van der Waals surface area contributed by atoms with E-state index in [1.165, 1.54) is 54.1 Å². The second-order valence-corrected chi connectivity index (χ2v) is 8.24. The minimum Gasteiger partial charge on any atom is -0.246 e. The van der Waals surface area contributed by atoms with Gasteiger partial charge in [0, 0.05) is 10.3 Å². The van der Waals surface area contributed by atoms with E-state index in [2.05, 4.69) is 13.8 Å². The van der Waals surface area contributed by atoms with Gasteiger partial charge in [0.1, 0.15) is 0 Å². The molecule has 0 radical (unpaired) electrons. The first-order valence-corrected chi connectivity index (χ1v) is 7.91. The molecule has 0 unspecified atom stereocenters. The van der Waals surface area contributed by atoms with Crippen molar-refractivity contribution in [2.45, 2.75) is 57.8 Å². The molecule has 4 aliphatic carbocycles. The van der Waals surface area contributed by atoms with Crippen LogP contribution in [0.3, 0.4) is 0 Å². The van der Waals surface area contributed by atoms with Gasteiger partial charge in [-0.2, -0.15) is 0 Å². The number of thiazole rings is 1. The Bertz CT molecular complexity index is 430. The van der Waals surface area contributed by atoms with Crippen LogP contribution in [0.25, 0.3) is 0 Å². The molecule has 3 heteroatoms. The number of aromatic nitrogens is 1. The van der Waals surface area contributed by atoms with Gasteiger partial charge >= 0.3 is 0 Å². The lowest BCUT2D eigenvalue weighted by atomic mass is 9.48. The molecule has 0 saturated heterocycles. The Morgan fingerprint density at radius 1 is 1.00 bits per heavy atom. The van der Waals surface area contributed by atoms with Crippen LogP contribution in [-0.2, 0) is 5.41 Å². The van der Waals surface area contributed by atoms with Crippen molar-refractivity contribution >= 4 is 23.7 Å². The van der Waals surface area contributed by atoms with E-state index >= 15 is 0 Å². The third-order valence-electron chi connectivity index (χ3n) is 5.44. The van der Waals surface area contributed by atoms with Crippen LogP contribution in [0.4, 0.5) is 0 Å². The van der Waals surface area contributed by atoms with Crippen LogP contribution in [0.5, 0.6) is 0 Å². The summed E-state index contributed by atoms with van der Waals surface area (Å²) < 4.78 is 0. The summed E-state index contributed by atoms with van der Waals surface area (Å²) >= 11 is 1.91. The molecule has 1 nitrogen and oxygen atoms in total. The number of aryl methyl sites for hydroxylation is 2. The molecule has 4 saturated carbocycles. The SMILES string of the molecule is Cc1nc(C23CC4CC(CC(C4)C2)C3)c(C)s1.Cl. The van der Waals surface area contributed by atoms with Crippen LogP contribution in [0.1, 0.15) is 54.1 Å². The highest BCUT2D eigenvalue weighted by Crippen LogP contribution is 2.61. The fraction of sp³-hybridized carbons (Fsp3) is 0.800. The second kappa shape index (κ2) is 4.21. The van der Waals surface area contributed by atoms with Crippen LogP contribution in [0.15, 0.2) is 0 Å². The normalized spacial score (nSPS) is 40.9. The Kier molecular flexibility index (Phi) is 3.02. The molecule has 100 valence electrons. The van der Waals surface area contributed by atoms with Gasteiger partial charge in [-0.3, -0.25) is 0 Å². The third kappa shape index (κ3) is 1.76. The van der Waals surface area contributed by atoms with Crippen molar-refractivity contribution in [3.63, 3.8) is 0 Å². The van der Waals surface area contributed by atoms with Gasteiger partial charge in [0.2, 0.25) is 0 Å².